The van der Waals surface area contributed by atoms with Crippen LogP contribution in [0.2, 0.25) is 0 Å². The minimum absolute atomic E-state index is 0.248. The Morgan fingerprint density at radius 2 is 1.87 bits per heavy atom. The van der Waals surface area contributed by atoms with Gasteiger partial charge in [-0.1, -0.05) is 13.8 Å². The van der Waals surface area contributed by atoms with Crippen LogP contribution in [0.1, 0.15) is 37.7 Å². The van der Waals surface area contributed by atoms with Gasteiger partial charge in [-0.3, -0.25) is 0 Å². The van der Waals surface area contributed by atoms with E-state index in [1.54, 1.807) is 0 Å². The zero-order chi connectivity index (χ0) is 11.6. The van der Waals surface area contributed by atoms with Gasteiger partial charge in [-0.15, -0.1) is 0 Å². The molecule has 2 nitrogen and oxygen atoms in total. The van der Waals surface area contributed by atoms with Crippen LogP contribution in [-0.4, -0.2) is 10.6 Å². The first kappa shape index (κ1) is 12.3. The predicted octanol–water partition coefficient (Wildman–Crippen LogP) is 2.65. The quantitative estimate of drug-likeness (QED) is 0.810. The van der Waals surface area contributed by atoms with Gasteiger partial charge in [-0.05, 0) is 44.7 Å². The van der Waals surface area contributed by atoms with Crippen LogP contribution in [-0.2, 0) is 13.0 Å². The SMILES string of the molecule is Cc1cc(C[C@H](C)N)c(C)n1CC(C)C. The second-order valence-electron chi connectivity index (χ2n) is 5.08. The zero-order valence-electron chi connectivity index (χ0n) is 10.7. The molecule has 0 radical (unpaired) electrons. The van der Waals surface area contributed by atoms with Crippen molar-refractivity contribution in [3.63, 3.8) is 0 Å². The van der Waals surface area contributed by atoms with Crippen LogP contribution in [0.3, 0.4) is 0 Å². The topological polar surface area (TPSA) is 30.9 Å². The van der Waals surface area contributed by atoms with Crippen LogP contribution < -0.4 is 5.73 Å². The van der Waals surface area contributed by atoms with Gasteiger partial charge in [0.15, 0.2) is 0 Å². The van der Waals surface area contributed by atoms with E-state index in [1.165, 1.54) is 17.0 Å². The summed E-state index contributed by atoms with van der Waals surface area (Å²) in [5, 5.41) is 0. The Hall–Kier alpha value is -0.760. The van der Waals surface area contributed by atoms with Gasteiger partial charge in [0, 0.05) is 24.0 Å². The van der Waals surface area contributed by atoms with E-state index in [0.29, 0.717) is 5.92 Å². The first-order valence-corrected chi connectivity index (χ1v) is 5.83. The molecule has 1 atom stereocenters. The van der Waals surface area contributed by atoms with Crippen molar-refractivity contribution in [1.29, 1.82) is 0 Å². The van der Waals surface area contributed by atoms with Crippen LogP contribution in [0.25, 0.3) is 0 Å². The van der Waals surface area contributed by atoms with Crippen molar-refractivity contribution in [2.75, 3.05) is 0 Å². The Labute approximate surface area is 93.5 Å². The standard InChI is InChI=1S/C13H24N2/c1-9(2)8-15-11(4)7-13(12(15)5)6-10(3)14/h7,9-10H,6,8,14H2,1-5H3/t10-/m0/s1. The van der Waals surface area contributed by atoms with Gasteiger partial charge in [-0.25, -0.2) is 0 Å². The first-order chi connectivity index (χ1) is 6.91. The lowest BCUT2D eigenvalue weighted by molar-refractivity contribution is 0.508. The minimum atomic E-state index is 0.248. The third-order valence-electron chi connectivity index (χ3n) is 2.77. The van der Waals surface area contributed by atoms with E-state index in [1.807, 2.05) is 0 Å². The fourth-order valence-electron chi connectivity index (χ4n) is 2.07. The maximum Gasteiger partial charge on any atom is 0.0247 e. The maximum atomic E-state index is 5.84. The lowest BCUT2D eigenvalue weighted by Crippen LogP contribution is -2.18. The van der Waals surface area contributed by atoms with Crippen molar-refractivity contribution in [2.45, 2.75) is 53.6 Å². The molecule has 0 bridgehead atoms. The molecule has 0 aliphatic heterocycles. The summed E-state index contributed by atoms with van der Waals surface area (Å²) in [4.78, 5) is 0. The fourth-order valence-corrected chi connectivity index (χ4v) is 2.07. The minimum Gasteiger partial charge on any atom is -0.349 e. The fraction of sp³-hybridized carbons (Fsp3) is 0.692. The van der Waals surface area contributed by atoms with E-state index in [-0.39, 0.29) is 6.04 Å². The van der Waals surface area contributed by atoms with Crippen LogP contribution in [0.4, 0.5) is 0 Å². The highest BCUT2D eigenvalue weighted by Gasteiger charge is 2.10. The summed E-state index contributed by atoms with van der Waals surface area (Å²) in [7, 11) is 0. The number of hydrogen-bond donors (Lipinski definition) is 1. The van der Waals surface area contributed by atoms with Crippen molar-refractivity contribution in [3.05, 3.63) is 23.0 Å². The molecule has 0 saturated heterocycles. The Kier molecular flexibility index (Phi) is 3.97. The number of hydrogen-bond acceptors (Lipinski definition) is 1. The highest BCUT2D eigenvalue weighted by Crippen LogP contribution is 2.18. The zero-order valence-corrected chi connectivity index (χ0v) is 10.7. The van der Waals surface area contributed by atoms with E-state index in [4.69, 9.17) is 5.73 Å². The van der Waals surface area contributed by atoms with E-state index in [9.17, 15) is 0 Å². The second-order valence-corrected chi connectivity index (χ2v) is 5.08. The summed E-state index contributed by atoms with van der Waals surface area (Å²) in [5.41, 5.74) is 10.00. The smallest absolute Gasteiger partial charge is 0.0247 e. The molecule has 0 saturated carbocycles. The van der Waals surface area contributed by atoms with Crippen LogP contribution in [0, 0.1) is 19.8 Å². The molecule has 2 N–H and O–H groups in total. The van der Waals surface area contributed by atoms with E-state index >= 15 is 0 Å². The van der Waals surface area contributed by atoms with Crippen LogP contribution in [0.5, 0.6) is 0 Å². The lowest BCUT2D eigenvalue weighted by Gasteiger charge is -2.12. The van der Waals surface area contributed by atoms with Crippen molar-refractivity contribution in [2.24, 2.45) is 11.7 Å². The molecule has 2 heteroatoms. The number of nitrogens with zero attached hydrogens (tertiary/aromatic N) is 1. The maximum absolute atomic E-state index is 5.84. The van der Waals surface area contributed by atoms with Gasteiger partial charge in [0.2, 0.25) is 0 Å². The monoisotopic (exact) mass is 208 g/mol. The Morgan fingerprint density at radius 3 is 2.33 bits per heavy atom. The first-order valence-electron chi connectivity index (χ1n) is 5.83. The molecule has 0 aromatic carbocycles. The summed E-state index contributed by atoms with van der Waals surface area (Å²) in [6.45, 7) is 12.1. The lowest BCUT2D eigenvalue weighted by atomic mass is 10.1. The number of nitrogens with two attached hydrogens (primary N) is 1. The number of aromatic nitrogens is 1. The van der Waals surface area contributed by atoms with Crippen molar-refractivity contribution in [1.82, 2.24) is 4.57 Å². The Bertz CT molecular complexity index is 322. The molecule has 86 valence electrons. The molecule has 1 rings (SSSR count). The molecule has 15 heavy (non-hydrogen) atoms. The predicted molar refractivity (Wildman–Crippen MR) is 66.1 cm³/mol. The van der Waals surface area contributed by atoms with E-state index in [0.717, 1.165) is 13.0 Å². The van der Waals surface area contributed by atoms with Gasteiger partial charge in [-0.2, -0.15) is 0 Å². The molecule has 0 aliphatic rings. The summed E-state index contributed by atoms with van der Waals surface area (Å²) >= 11 is 0. The molecule has 0 amide bonds. The molecular weight excluding hydrogens is 184 g/mol. The largest absolute Gasteiger partial charge is 0.349 e. The van der Waals surface area contributed by atoms with Gasteiger partial charge >= 0.3 is 0 Å². The van der Waals surface area contributed by atoms with E-state index < -0.39 is 0 Å². The van der Waals surface area contributed by atoms with Crippen LogP contribution >= 0.6 is 0 Å². The molecule has 0 spiro atoms. The average molecular weight is 208 g/mol. The molecular formula is C13H24N2. The summed E-state index contributed by atoms with van der Waals surface area (Å²) in [5.74, 6) is 0.693. The van der Waals surface area contributed by atoms with E-state index in [2.05, 4.69) is 45.3 Å². The highest BCUT2D eigenvalue weighted by molar-refractivity contribution is 5.27. The molecule has 0 fully saturated rings. The molecule has 1 aromatic rings. The molecule has 1 aromatic heterocycles. The number of rotatable bonds is 4. The van der Waals surface area contributed by atoms with Crippen molar-refractivity contribution in [3.8, 4) is 0 Å². The summed E-state index contributed by atoms with van der Waals surface area (Å²) < 4.78 is 2.41. The molecule has 0 unspecified atom stereocenters. The Morgan fingerprint density at radius 1 is 1.27 bits per heavy atom. The van der Waals surface area contributed by atoms with Gasteiger partial charge in [0.1, 0.15) is 0 Å². The molecule has 0 aliphatic carbocycles. The van der Waals surface area contributed by atoms with Crippen molar-refractivity contribution >= 4 is 0 Å². The Balaban J connectivity index is 2.93. The second kappa shape index (κ2) is 4.84. The van der Waals surface area contributed by atoms with Crippen LogP contribution in [0.15, 0.2) is 6.07 Å². The van der Waals surface area contributed by atoms with Gasteiger partial charge in [0.25, 0.3) is 0 Å². The average Bonchev–Trinajstić information content (AvgIpc) is 2.31. The van der Waals surface area contributed by atoms with Gasteiger partial charge in [0.05, 0.1) is 0 Å². The normalized spacial score (nSPS) is 13.5. The summed E-state index contributed by atoms with van der Waals surface area (Å²) in [6.07, 6.45) is 0.984. The number of aryl methyl sites for hydroxylation is 1. The third-order valence-corrected chi connectivity index (χ3v) is 2.77. The van der Waals surface area contributed by atoms with Crippen molar-refractivity contribution < 1.29 is 0 Å². The third kappa shape index (κ3) is 3.10. The molecule has 1 heterocycles. The van der Waals surface area contributed by atoms with Gasteiger partial charge < -0.3 is 10.3 Å². The highest BCUT2D eigenvalue weighted by atomic mass is 15.0. The summed E-state index contributed by atoms with van der Waals surface area (Å²) in [6, 6.07) is 2.53.